The molecule has 0 radical (unpaired) electrons. The van der Waals surface area contributed by atoms with Gasteiger partial charge in [-0.1, -0.05) is 11.6 Å². The average molecular weight is 269 g/mol. The molecule has 1 N–H and O–H groups in total. The molecule has 0 bridgehead atoms. The number of aryl methyl sites for hydroxylation is 1. The van der Waals surface area contributed by atoms with E-state index in [-0.39, 0.29) is 6.01 Å². The van der Waals surface area contributed by atoms with Crippen LogP contribution in [0.2, 0.25) is 5.02 Å². The molecule has 0 fully saturated rings. The van der Waals surface area contributed by atoms with Gasteiger partial charge in [-0.05, 0) is 12.1 Å². The monoisotopic (exact) mass is 268 g/mol. The molecule has 0 saturated carbocycles. The number of rotatable bonds is 4. The van der Waals surface area contributed by atoms with E-state index in [0.717, 1.165) is 0 Å². The Morgan fingerprint density at radius 1 is 1.61 bits per heavy atom. The molecule has 0 saturated heterocycles. The third-order valence-electron chi connectivity index (χ3n) is 2.04. The van der Waals surface area contributed by atoms with Gasteiger partial charge in [-0.2, -0.15) is 4.98 Å². The van der Waals surface area contributed by atoms with Crippen LogP contribution in [-0.4, -0.2) is 37.4 Å². The van der Waals surface area contributed by atoms with Gasteiger partial charge in [0.15, 0.2) is 12.4 Å². The second-order valence-corrected chi connectivity index (χ2v) is 3.77. The standard InChI is InChI=1S/C10H9ClN4O3/c1-15-9(8-6(11)3-2-4-12-8)13-10(14-15)18-5-7(16)17/h2-4H,5H2,1H3,(H,16,17). The van der Waals surface area contributed by atoms with Crippen molar-refractivity contribution in [3.05, 3.63) is 23.4 Å². The minimum absolute atomic E-state index is 0.0309. The summed E-state index contributed by atoms with van der Waals surface area (Å²) in [5.74, 6) is -0.694. The van der Waals surface area contributed by atoms with Gasteiger partial charge >= 0.3 is 12.0 Å². The van der Waals surface area contributed by atoms with Gasteiger partial charge in [-0.3, -0.25) is 4.98 Å². The van der Waals surface area contributed by atoms with Crippen molar-refractivity contribution in [3.8, 4) is 17.5 Å². The van der Waals surface area contributed by atoms with Crippen molar-refractivity contribution in [1.29, 1.82) is 0 Å². The minimum atomic E-state index is -1.10. The molecule has 0 atom stereocenters. The van der Waals surface area contributed by atoms with Crippen LogP contribution in [0.25, 0.3) is 11.5 Å². The SMILES string of the molecule is Cn1nc(OCC(=O)O)nc1-c1ncccc1Cl. The van der Waals surface area contributed by atoms with Gasteiger partial charge in [0.2, 0.25) is 0 Å². The Hall–Kier alpha value is -2.15. The summed E-state index contributed by atoms with van der Waals surface area (Å²) in [5.41, 5.74) is 0.458. The van der Waals surface area contributed by atoms with E-state index in [4.69, 9.17) is 21.4 Å². The van der Waals surface area contributed by atoms with E-state index in [2.05, 4.69) is 15.1 Å². The third-order valence-corrected chi connectivity index (χ3v) is 2.34. The Morgan fingerprint density at radius 3 is 3.06 bits per heavy atom. The highest BCUT2D eigenvalue weighted by molar-refractivity contribution is 6.32. The first-order valence-corrected chi connectivity index (χ1v) is 5.32. The zero-order chi connectivity index (χ0) is 13.1. The predicted octanol–water partition coefficient (Wildman–Crippen LogP) is 0.994. The van der Waals surface area contributed by atoms with Crippen LogP contribution >= 0.6 is 11.6 Å². The molecule has 7 nitrogen and oxygen atoms in total. The van der Waals surface area contributed by atoms with Gasteiger partial charge in [0.1, 0.15) is 5.69 Å². The Morgan fingerprint density at radius 2 is 2.39 bits per heavy atom. The number of carboxylic acids is 1. The first-order valence-electron chi connectivity index (χ1n) is 4.94. The number of aromatic nitrogens is 4. The molecule has 2 heterocycles. The molecule has 2 aromatic rings. The zero-order valence-electron chi connectivity index (χ0n) is 9.37. The minimum Gasteiger partial charge on any atom is -0.479 e. The Kier molecular flexibility index (Phi) is 3.42. The van der Waals surface area contributed by atoms with Crippen LogP contribution < -0.4 is 4.74 Å². The molecular formula is C10H9ClN4O3. The molecule has 0 amide bonds. The molecule has 18 heavy (non-hydrogen) atoms. The lowest BCUT2D eigenvalue weighted by Gasteiger charge is -1.99. The predicted molar refractivity (Wildman–Crippen MR) is 62.4 cm³/mol. The molecular weight excluding hydrogens is 260 g/mol. The lowest BCUT2D eigenvalue weighted by atomic mass is 10.3. The highest BCUT2D eigenvalue weighted by atomic mass is 35.5. The van der Waals surface area contributed by atoms with Crippen molar-refractivity contribution in [2.45, 2.75) is 0 Å². The number of nitrogens with zero attached hydrogens (tertiary/aromatic N) is 4. The lowest BCUT2D eigenvalue weighted by molar-refractivity contribution is -0.139. The second kappa shape index (κ2) is 5.01. The van der Waals surface area contributed by atoms with Crippen molar-refractivity contribution in [2.75, 3.05) is 6.61 Å². The molecule has 2 rings (SSSR count). The third kappa shape index (κ3) is 2.57. The number of carbonyl (C=O) groups is 1. The fraction of sp³-hybridized carbons (Fsp3) is 0.200. The van der Waals surface area contributed by atoms with E-state index in [9.17, 15) is 4.79 Å². The summed E-state index contributed by atoms with van der Waals surface area (Å²) < 4.78 is 6.30. The van der Waals surface area contributed by atoms with Gasteiger partial charge in [0.25, 0.3) is 0 Å². The first-order chi connectivity index (χ1) is 8.58. The summed E-state index contributed by atoms with van der Waals surface area (Å²) in [4.78, 5) is 18.5. The Bertz CT molecular complexity index is 584. The summed E-state index contributed by atoms with van der Waals surface area (Å²) >= 11 is 5.99. The summed E-state index contributed by atoms with van der Waals surface area (Å²) in [6.45, 7) is -0.501. The molecule has 0 aliphatic rings. The fourth-order valence-corrected chi connectivity index (χ4v) is 1.51. The molecule has 0 unspecified atom stereocenters. The normalized spacial score (nSPS) is 10.3. The van der Waals surface area contributed by atoms with Crippen molar-refractivity contribution in [2.24, 2.45) is 7.05 Å². The highest BCUT2D eigenvalue weighted by Crippen LogP contribution is 2.24. The summed E-state index contributed by atoms with van der Waals surface area (Å²) in [6.07, 6.45) is 1.58. The molecule has 8 heteroatoms. The summed E-state index contributed by atoms with van der Waals surface area (Å²) in [5, 5.41) is 12.8. The van der Waals surface area contributed by atoms with Crippen LogP contribution in [0.4, 0.5) is 0 Å². The highest BCUT2D eigenvalue weighted by Gasteiger charge is 2.14. The van der Waals surface area contributed by atoms with Crippen LogP contribution in [0, 0.1) is 0 Å². The van der Waals surface area contributed by atoms with E-state index in [1.54, 1.807) is 25.4 Å². The molecule has 0 aromatic carbocycles. The number of aliphatic carboxylic acids is 1. The van der Waals surface area contributed by atoms with E-state index in [1.807, 2.05) is 0 Å². The summed E-state index contributed by atoms with van der Waals surface area (Å²) in [6, 6.07) is 3.34. The number of halogens is 1. The van der Waals surface area contributed by atoms with Crippen molar-refractivity contribution in [3.63, 3.8) is 0 Å². The molecule has 0 aliphatic carbocycles. The van der Waals surface area contributed by atoms with Gasteiger partial charge in [0, 0.05) is 13.2 Å². The maximum Gasteiger partial charge on any atom is 0.341 e. The van der Waals surface area contributed by atoms with Crippen molar-refractivity contribution in [1.82, 2.24) is 19.7 Å². The van der Waals surface area contributed by atoms with Crippen LogP contribution in [0.1, 0.15) is 0 Å². The molecule has 2 aromatic heterocycles. The Balaban J connectivity index is 2.30. The number of pyridine rings is 1. The quantitative estimate of drug-likeness (QED) is 0.889. The zero-order valence-corrected chi connectivity index (χ0v) is 10.1. The second-order valence-electron chi connectivity index (χ2n) is 3.36. The van der Waals surface area contributed by atoms with Crippen molar-refractivity contribution < 1.29 is 14.6 Å². The average Bonchev–Trinajstić information content (AvgIpc) is 2.69. The van der Waals surface area contributed by atoms with E-state index in [1.165, 1.54) is 4.68 Å². The van der Waals surface area contributed by atoms with Crippen LogP contribution in [0.15, 0.2) is 18.3 Å². The van der Waals surface area contributed by atoms with Crippen LogP contribution in [0.3, 0.4) is 0 Å². The Labute approximate surface area is 107 Å². The molecule has 0 aliphatic heterocycles. The van der Waals surface area contributed by atoms with Crippen LogP contribution in [0.5, 0.6) is 6.01 Å². The van der Waals surface area contributed by atoms with E-state index >= 15 is 0 Å². The summed E-state index contributed by atoms with van der Waals surface area (Å²) in [7, 11) is 1.64. The van der Waals surface area contributed by atoms with Gasteiger partial charge < -0.3 is 9.84 Å². The number of carboxylic acid groups (broad SMARTS) is 1. The van der Waals surface area contributed by atoms with E-state index < -0.39 is 12.6 Å². The molecule has 0 spiro atoms. The number of ether oxygens (including phenoxy) is 1. The van der Waals surface area contributed by atoms with Gasteiger partial charge in [-0.25, -0.2) is 9.48 Å². The fourth-order valence-electron chi connectivity index (χ4n) is 1.30. The largest absolute Gasteiger partial charge is 0.479 e. The maximum atomic E-state index is 10.4. The van der Waals surface area contributed by atoms with Crippen molar-refractivity contribution >= 4 is 17.6 Å². The topological polar surface area (TPSA) is 90.1 Å². The van der Waals surface area contributed by atoms with E-state index in [0.29, 0.717) is 16.5 Å². The number of hydrogen-bond donors (Lipinski definition) is 1. The van der Waals surface area contributed by atoms with Gasteiger partial charge in [0.05, 0.1) is 5.02 Å². The first kappa shape index (κ1) is 12.3. The maximum absolute atomic E-state index is 10.4. The van der Waals surface area contributed by atoms with Crippen LogP contribution in [-0.2, 0) is 11.8 Å². The smallest absolute Gasteiger partial charge is 0.341 e. The lowest BCUT2D eigenvalue weighted by Crippen LogP contribution is -2.10. The van der Waals surface area contributed by atoms with Gasteiger partial charge in [-0.15, -0.1) is 5.10 Å². The molecule has 94 valence electrons. The number of hydrogen-bond acceptors (Lipinski definition) is 5.